The molecule has 2 bridgehead atoms. The van der Waals surface area contributed by atoms with Gasteiger partial charge in [-0.05, 0) is 50.2 Å². The number of ether oxygens (including phenoxy) is 1. The number of halogens is 1. The summed E-state index contributed by atoms with van der Waals surface area (Å²) in [6.45, 7) is 1.38. The van der Waals surface area contributed by atoms with E-state index in [4.69, 9.17) is 4.74 Å². The second-order valence-electron chi connectivity index (χ2n) is 5.93. The summed E-state index contributed by atoms with van der Waals surface area (Å²) in [5.74, 6) is 0.976. The average Bonchev–Trinajstić information content (AvgIpc) is 2.71. The van der Waals surface area contributed by atoms with E-state index in [1.54, 1.807) is 12.1 Å². The Bertz CT molecular complexity index is 486. The van der Waals surface area contributed by atoms with Gasteiger partial charge in [0, 0.05) is 0 Å². The Morgan fingerprint density at radius 1 is 1.21 bits per heavy atom. The normalized spacial score (nSPS) is 29.3. The highest BCUT2D eigenvalue weighted by Crippen LogP contribution is 2.43. The molecule has 3 atom stereocenters. The third kappa shape index (κ3) is 2.51. The monoisotopic (exact) mass is 262 g/mol. The molecule has 2 saturated carbocycles. The van der Waals surface area contributed by atoms with Crippen LogP contribution >= 0.6 is 0 Å². The predicted molar refractivity (Wildman–Crippen MR) is 70.9 cm³/mol. The van der Waals surface area contributed by atoms with Gasteiger partial charge in [0.05, 0.1) is 11.7 Å². The first-order valence-corrected chi connectivity index (χ1v) is 7.09. The first-order valence-electron chi connectivity index (χ1n) is 7.09. The molecule has 0 amide bonds. The molecule has 2 nitrogen and oxygen atoms in total. The van der Waals surface area contributed by atoms with Crippen LogP contribution < -0.4 is 4.74 Å². The topological polar surface area (TPSA) is 26.3 Å². The minimum absolute atomic E-state index is 0.114. The summed E-state index contributed by atoms with van der Waals surface area (Å²) in [5, 5.41) is 0. The zero-order valence-corrected chi connectivity index (χ0v) is 11.2. The van der Waals surface area contributed by atoms with E-state index < -0.39 is 5.82 Å². The number of Topliss-reactive ketones (excluding diaryl/α,β-unsaturated/α-hetero) is 1. The van der Waals surface area contributed by atoms with E-state index in [1.165, 1.54) is 32.3 Å². The van der Waals surface area contributed by atoms with Crippen LogP contribution in [0.1, 0.15) is 49.4 Å². The number of rotatable bonds is 3. The highest BCUT2D eigenvalue weighted by Gasteiger charge is 2.35. The fourth-order valence-electron chi connectivity index (χ4n) is 3.60. The highest BCUT2D eigenvalue weighted by molar-refractivity contribution is 5.94. The van der Waals surface area contributed by atoms with E-state index in [1.807, 2.05) is 0 Å². The van der Waals surface area contributed by atoms with Gasteiger partial charge in [-0.2, -0.15) is 0 Å². The number of ketones is 1. The van der Waals surface area contributed by atoms with Gasteiger partial charge in [0.15, 0.2) is 17.3 Å². The summed E-state index contributed by atoms with van der Waals surface area (Å²) < 4.78 is 20.0. The summed E-state index contributed by atoms with van der Waals surface area (Å²) in [4.78, 5) is 11.3. The van der Waals surface area contributed by atoms with Crippen LogP contribution in [0.4, 0.5) is 4.39 Å². The summed E-state index contributed by atoms with van der Waals surface area (Å²) in [6, 6.07) is 4.82. The molecule has 2 fully saturated rings. The first-order chi connectivity index (χ1) is 9.13. The lowest BCUT2D eigenvalue weighted by Gasteiger charge is -2.28. The van der Waals surface area contributed by atoms with Crippen molar-refractivity contribution in [2.45, 2.75) is 45.1 Å². The van der Waals surface area contributed by atoms with Crippen LogP contribution in [0.25, 0.3) is 0 Å². The van der Waals surface area contributed by atoms with Gasteiger partial charge in [-0.15, -0.1) is 0 Å². The lowest BCUT2D eigenvalue weighted by atomic mass is 9.87. The molecule has 0 N–H and O–H groups in total. The predicted octanol–water partition coefficient (Wildman–Crippen LogP) is 3.99. The van der Waals surface area contributed by atoms with Crippen molar-refractivity contribution in [3.63, 3.8) is 0 Å². The Labute approximate surface area is 113 Å². The SMILES string of the molecule is CC(=O)c1cccc(OC2C[C@H]3CC[C@@H](C2)C3)c1F. The largest absolute Gasteiger partial charge is 0.487 e. The molecule has 0 aromatic heterocycles. The number of hydrogen-bond acceptors (Lipinski definition) is 2. The maximum atomic E-state index is 14.1. The summed E-state index contributed by atoms with van der Waals surface area (Å²) in [5.41, 5.74) is 0.122. The number of carbonyl (C=O) groups is 1. The van der Waals surface area contributed by atoms with E-state index in [9.17, 15) is 9.18 Å². The lowest BCUT2D eigenvalue weighted by Crippen LogP contribution is -2.26. The second-order valence-corrected chi connectivity index (χ2v) is 5.93. The first kappa shape index (κ1) is 12.6. The molecule has 2 aliphatic rings. The average molecular weight is 262 g/mol. The molecule has 2 aliphatic carbocycles. The molecule has 0 saturated heterocycles. The molecule has 0 radical (unpaired) electrons. The Hall–Kier alpha value is -1.38. The third-order valence-corrected chi connectivity index (χ3v) is 4.48. The molecule has 19 heavy (non-hydrogen) atoms. The minimum Gasteiger partial charge on any atom is -0.487 e. The van der Waals surface area contributed by atoms with E-state index in [2.05, 4.69) is 0 Å². The highest BCUT2D eigenvalue weighted by atomic mass is 19.1. The van der Waals surface area contributed by atoms with Gasteiger partial charge in [0.25, 0.3) is 0 Å². The fraction of sp³-hybridized carbons (Fsp3) is 0.562. The second kappa shape index (κ2) is 4.95. The van der Waals surface area contributed by atoms with Crippen LogP contribution in [0.2, 0.25) is 0 Å². The zero-order valence-electron chi connectivity index (χ0n) is 11.2. The van der Waals surface area contributed by atoms with Crippen LogP contribution in [0.5, 0.6) is 5.75 Å². The Morgan fingerprint density at radius 3 is 2.53 bits per heavy atom. The lowest BCUT2D eigenvalue weighted by molar-refractivity contribution is 0.0998. The zero-order chi connectivity index (χ0) is 13.4. The Morgan fingerprint density at radius 2 is 1.89 bits per heavy atom. The van der Waals surface area contributed by atoms with Crippen LogP contribution in [0.15, 0.2) is 18.2 Å². The van der Waals surface area contributed by atoms with E-state index >= 15 is 0 Å². The van der Waals surface area contributed by atoms with Crippen molar-refractivity contribution >= 4 is 5.78 Å². The molecular formula is C16H19FO2. The van der Waals surface area contributed by atoms with Crippen molar-refractivity contribution in [2.75, 3.05) is 0 Å². The number of fused-ring (bicyclic) bond motifs is 2. The summed E-state index contributed by atoms with van der Waals surface area (Å²) in [7, 11) is 0. The Kier molecular flexibility index (Phi) is 3.29. The maximum absolute atomic E-state index is 14.1. The van der Waals surface area contributed by atoms with Gasteiger partial charge < -0.3 is 4.74 Å². The standard InChI is InChI=1S/C16H19FO2/c1-10(18)14-3-2-4-15(16(14)17)19-13-8-11-5-6-12(7-11)9-13/h2-4,11-13H,5-9H2,1H3/t11-,12+,13?. The van der Waals surface area contributed by atoms with Crippen molar-refractivity contribution in [1.29, 1.82) is 0 Å². The van der Waals surface area contributed by atoms with Gasteiger partial charge in [-0.25, -0.2) is 4.39 Å². The van der Waals surface area contributed by atoms with Gasteiger partial charge >= 0.3 is 0 Å². The van der Waals surface area contributed by atoms with Gasteiger partial charge in [0.2, 0.25) is 0 Å². The molecule has 102 valence electrons. The van der Waals surface area contributed by atoms with Crippen LogP contribution in [0.3, 0.4) is 0 Å². The van der Waals surface area contributed by atoms with Crippen LogP contribution in [-0.4, -0.2) is 11.9 Å². The van der Waals surface area contributed by atoms with Crippen LogP contribution in [0, 0.1) is 17.7 Å². The third-order valence-electron chi connectivity index (χ3n) is 4.48. The molecule has 0 heterocycles. The van der Waals surface area contributed by atoms with Crippen molar-refractivity contribution in [1.82, 2.24) is 0 Å². The quantitative estimate of drug-likeness (QED) is 0.770. The fourth-order valence-corrected chi connectivity index (χ4v) is 3.60. The molecular weight excluding hydrogens is 243 g/mol. The molecule has 1 aromatic rings. The van der Waals surface area contributed by atoms with E-state index in [-0.39, 0.29) is 23.2 Å². The molecule has 3 rings (SSSR count). The molecule has 1 unspecified atom stereocenters. The molecule has 3 heteroatoms. The van der Waals surface area contributed by atoms with Crippen molar-refractivity contribution in [3.8, 4) is 5.75 Å². The molecule has 0 spiro atoms. The minimum atomic E-state index is -0.507. The summed E-state index contributed by atoms with van der Waals surface area (Å²) >= 11 is 0. The van der Waals surface area contributed by atoms with Crippen molar-refractivity contribution < 1.29 is 13.9 Å². The smallest absolute Gasteiger partial charge is 0.175 e. The van der Waals surface area contributed by atoms with Gasteiger partial charge in [-0.3, -0.25) is 4.79 Å². The van der Waals surface area contributed by atoms with E-state index in [0.717, 1.165) is 24.7 Å². The van der Waals surface area contributed by atoms with Gasteiger partial charge in [0.1, 0.15) is 0 Å². The summed E-state index contributed by atoms with van der Waals surface area (Å²) in [6.07, 6.45) is 6.07. The van der Waals surface area contributed by atoms with Gasteiger partial charge in [-0.1, -0.05) is 18.9 Å². The van der Waals surface area contributed by atoms with Crippen molar-refractivity contribution in [3.05, 3.63) is 29.6 Å². The number of benzene rings is 1. The molecule has 1 aromatic carbocycles. The van der Waals surface area contributed by atoms with E-state index in [0.29, 0.717) is 0 Å². The van der Waals surface area contributed by atoms with Crippen molar-refractivity contribution in [2.24, 2.45) is 11.8 Å². The molecule has 0 aliphatic heterocycles. The maximum Gasteiger partial charge on any atom is 0.175 e. The Balaban J connectivity index is 1.76. The number of carbonyl (C=O) groups excluding carboxylic acids is 1. The number of hydrogen-bond donors (Lipinski definition) is 0. The van der Waals surface area contributed by atoms with Crippen LogP contribution in [-0.2, 0) is 0 Å².